The molecule has 1 rings (SSSR count). The third kappa shape index (κ3) is 3.19. The van der Waals surface area contributed by atoms with E-state index < -0.39 is 18.7 Å². The zero-order chi connectivity index (χ0) is 12.3. The predicted octanol–water partition coefficient (Wildman–Crippen LogP) is 1.54. The predicted molar refractivity (Wildman–Crippen MR) is 57.5 cm³/mol. The second kappa shape index (κ2) is 5.15. The lowest BCUT2D eigenvalue weighted by Gasteiger charge is -2.15. The molecule has 0 amide bonds. The number of nitrogens with zero attached hydrogens (tertiary/aromatic N) is 1. The lowest BCUT2D eigenvalue weighted by molar-refractivity contribution is -0.275. The zero-order valence-corrected chi connectivity index (χ0v) is 10.0. The van der Waals surface area contributed by atoms with Gasteiger partial charge in [-0.3, -0.25) is 4.98 Å². The summed E-state index contributed by atoms with van der Waals surface area (Å²) in [5.74, 6) is -0.439. The Morgan fingerprint density at radius 2 is 2.12 bits per heavy atom. The Morgan fingerprint density at radius 1 is 1.50 bits per heavy atom. The maximum Gasteiger partial charge on any atom is 0.573 e. The fraction of sp³-hybridized carbons (Fsp3) is 0.375. The van der Waals surface area contributed by atoms with E-state index in [9.17, 15) is 13.2 Å². The average Bonchev–Trinajstić information content (AvgIpc) is 2.19. The van der Waals surface area contributed by atoms with Gasteiger partial charge in [-0.05, 0) is 22.6 Å². The number of hydrogen-bond acceptors (Lipinski definition) is 4. The fourth-order valence-corrected chi connectivity index (χ4v) is 1.69. The Bertz CT molecular complexity index is 384. The van der Waals surface area contributed by atoms with Gasteiger partial charge in [0.1, 0.15) is 0 Å². The van der Waals surface area contributed by atoms with E-state index in [-0.39, 0.29) is 21.4 Å². The summed E-state index contributed by atoms with van der Waals surface area (Å²) in [5, 5.41) is 9.01. The molecule has 0 bridgehead atoms. The molecular weight excluding hydrogens is 340 g/mol. The van der Waals surface area contributed by atoms with Gasteiger partial charge in [0.05, 0.1) is 15.9 Å². The lowest BCUT2D eigenvalue weighted by Crippen LogP contribution is -2.20. The second-order valence-corrected chi connectivity index (χ2v) is 3.93. The number of alkyl halides is 3. The third-order valence-corrected chi connectivity index (χ3v) is 2.51. The van der Waals surface area contributed by atoms with Gasteiger partial charge in [-0.2, -0.15) is 0 Å². The van der Waals surface area contributed by atoms with Crippen molar-refractivity contribution in [3.63, 3.8) is 0 Å². The number of hydrogen-bond donors (Lipinski definition) is 2. The van der Waals surface area contributed by atoms with Crippen molar-refractivity contribution in [2.45, 2.75) is 19.5 Å². The molecule has 0 aliphatic heterocycles. The van der Waals surface area contributed by atoms with Gasteiger partial charge >= 0.3 is 6.36 Å². The topological polar surface area (TPSA) is 68.4 Å². The molecule has 0 atom stereocenters. The second-order valence-electron chi connectivity index (χ2n) is 2.77. The Hall–Kier alpha value is -0.610. The molecule has 0 aliphatic carbocycles. The van der Waals surface area contributed by atoms with E-state index in [2.05, 4.69) is 9.72 Å². The highest BCUT2D eigenvalue weighted by Gasteiger charge is 2.33. The number of halogens is 4. The standard InChI is InChI=1S/C8H8F3IN2O2/c9-8(10,11)16-7-4(3-15)6(1-13)14-2-5(7)12/h2,15H,1,3,13H2. The molecule has 0 fully saturated rings. The number of aliphatic hydroxyl groups is 1. The molecule has 0 saturated heterocycles. The molecule has 1 aromatic heterocycles. The van der Waals surface area contributed by atoms with Crippen molar-refractivity contribution < 1.29 is 23.0 Å². The molecule has 0 unspecified atom stereocenters. The first-order chi connectivity index (χ1) is 7.39. The summed E-state index contributed by atoms with van der Waals surface area (Å²) >= 11 is 1.64. The normalized spacial score (nSPS) is 11.6. The Kier molecular flexibility index (Phi) is 4.33. The Labute approximate surface area is 103 Å². The Morgan fingerprint density at radius 3 is 2.56 bits per heavy atom. The molecule has 8 heteroatoms. The highest BCUT2D eigenvalue weighted by molar-refractivity contribution is 14.1. The molecule has 0 saturated carbocycles. The number of ether oxygens (including phenoxy) is 1. The summed E-state index contributed by atoms with van der Waals surface area (Å²) in [6.45, 7) is -0.678. The van der Waals surface area contributed by atoms with Crippen LogP contribution in [0.1, 0.15) is 11.3 Å². The summed E-state index contributed by atoms with van der Waals surface area (Å²) in [6, 6.07) is 0. The SMILES string of the molecule is NCc1ncc(I)c(OC(F)(F)F)c1CO. The first-order valence-electron chi connectivity index (χ1n) is 4.12. The van der Waals surface area contributed by atoms with Crippen molar-refractivity contribution in [2.75, 3.05) is 0 Å². The van der Waals surface area contributed by atoms with E-state index in [0.29, 0.717) is 0 Å². The van der Waals surface area contributed by atoms with Crippen LogP contribution in [0.3, 0.4) is 0 Å². The van der Waals surface area contributed by atoms with Crippen molar-refractivity contribution in [3.8, 4) is 5.75 Å². The summed E-state index contributed by atoms with van der Waals surface area (Å²) in [4.78, 5) is 3.82. The minimum absolute atomic E-state index is 0.0354. The van der Waals surface area contributed by atoms with E-state index in [1.807, 2.05) is 0 Å². The average molecular weight is 348 g/mol. The third-order valence-electron chi connectivity index (χ3n) is 1.74. The number of rotatable bonds is 3. The monoisotopic (exact) mass is 348 g/mol. The molecule has 3 N–H and O–H groups in total. The van der Waals surface area contributed by atoms with Gasteiger partial charge in [0.25, 0.3) is 0 Å². The van der Waals surface area contributed by atoms with Crippen molar-refractivity contribution in [1.29, 1.82) is 0 Å². The van der Waals surface area contributed by atoms with Crippen LogP contribution in [0.15, 0.2) is 6.20 Å². The van der Waals surface area contributed by atoms with E-state index in [1.165, 1.54) is 6.20 Å². The lowest BCUT2D eigenvalue weighted by atomic mass is 10.2. The first kappa shape index (κ1) is 13.5. The molecule has 1 heterocycles. The van der Waals surface area contributed by atoms with Crippen molar-refractivity contribution in [1.82, 2.24) is 4.98 Å². The maximum absolute atomic E-state index is 12.1. The highest BCUT2D eigenvalue weighted by atomic mass is 127. The van der Waals surface area contributed by atoms with Gasteiger partial charge in [0, 0.05) is 18.3 Å². The molecule has 0 spiro atoms. The fourth-order valence-electron chi connectivity index (χ4n) is 1.11. The number of aromatic nitrogens is 1. The van der Waals surface area contributed by atoms with Crippen molar-refractivity contribution >= 4 is 22.6 Å². The molecule has 0 aliphatic rings. The van der Waals surface area contributed by atoms with Crippen molar-refractivity contribution in [2.24, 2.45) is 5.73 Å². The van der Waals surface area contributed by atoms with Crippen molar-refractivity contribution in [3.05, 3.63) is 21.0 Å². The summed E-state index contributed by atoms with van der Waals surface area (Å²) in [5.41, 5.74) is 5.44. The van der Waals surface area contributed by atoms with Gasteiger partial charge in [0.2, 0.25) is 0 Å². The molecule has 4 nitrogen and oxygen atoms in total. The van der Waals surface area contributed by atoms with Crippen LogP contribution in [0.5, 0.6) is 5.75 Å². The molecular formula is C8H8F3IN2O2. The van der Waals surface area contributed by atoms with Gasteiger partial charge in [-0.1, -0.05) is 0 Å². The first-order valence-corrected chi connectivity index (χ1v) is 5.19. The number of pyridine rings is 1. The van der Waals surface area contributed by atoms with Crippen LogP contribution in [-0.4, -0.2) is 16.5 Å². The smallest absolute Gasteiger partial charge is 0.404 e. The van der Waals surface area contributed by atoms with Crippen LogP contribution >= 0.6 is 22.6 Å². The minimum atomic E-state index is -4.81. The molecule has 16 heavy (non-hydrogen) atoms. The summed E-state index contributed by atoms with van der Waals surface area (Å²) < 4.78 is 40.3. The van der Waals surface area contributed by atoms with Crippen LogP contribution in [0.4, 0.5) is 13.2 Å². The molecule has 1 aromatic rings. The van der Waals surface area contributed by atoms with E-state index >= 15 is 0 Å². The number of nitrogens with two attached hydrogens (primary N) is 1. The summed E-state index contributed by atoms with van der Waals surface area (Å²) in [7, 11) is 0. The van der Waals surface area contributed by atoms with Gasteiger partial charge in [0.15, 0.2) is 5.75 Å². The van der Waals surface area contributed by atoms with E-state index in [0.717, 1.165) is 0 Å². The Balaban J connectivity index is 3.23. The van der Waals surface area contributed by atoms with Crippen LogP contribution in [-0.2, 0) is 13.2 Å². The van der Waals surface area contributed by atoms with Crippen LogP contribution < -0.4 is 10.5 Å². The largest absolute Gasteiger partial charge is 0.573 e. The molecule has 0 radical (unpaired) electrons. The van der Waals surface area contributed by atoms with Gasteiger partial charge < -0.3 is 15.6 Å². The van der Waals surface area contributed by atoms with Crippen LogP contribution in [0.2, 0.25) is 0 Å². The minimum Gasteiger partial charge on any atom is -0.404 e. The summed E-state index contributed by atoms with van der Waals surface area (Å²) in [6.07, 6.45) is -3.60. The van der Waals surface area contributed by atoms with E-state index in [1.54, 1.807) is 22.6 Å². The highest BCUT2D eigenvalue weighted by Crippen LogP contribution is 2.32. The zero-order valence-electron chi connectivity index (χ0n) is 7.88. The van der Waals surface area contributed by atoms with Gasteiger partial charge in [-0.15, -0.1) is 13.2 Å². The molecule has 0 aromatic carbocycles. The molecule has 90 valence electrons. The van der Waals surface area contributed by atoms with Crippen LogP contribution in [0.25, 0.3) is 0 Å². The quantitative estimate of drug-likeness (QED) is 0.814. The van der Waals surface area contributed by atoms with Crippen LogP contribution in [0, 0.1) is 3.57 Å². The van der Waals surface area contributed by atoms with E-state index in [4.69, 9.17) is 10.8 Å². The van der Waals surface area contributed by atoms with Gasteiger partial charge in [-0.25, -0.2) is 0 Å². The number of aliphatic hydroxyl groups excluding tert-OH is 1. The maximum atomic E-state index is 12.1.